The van der Waals surface area contributed by atoms with Crippen molar-refractivity contribution in [2.75, 3.05) is 13.6 Å². The minimum Gasteiger partial charge on any atom is -0.465 e. The highest BCUT2D eigenvalue weighted by molar-refractivity contribution is 5.86. The zero-order chi connectivity index (χ0) is 15.8. The van der Waals surface area contributed by atoms with Crippen molar-refractivity contribution in [1.29, 1.82) is 0 Å². The van der Waals surface area contributed by atoms with Crippen LogP contribution in [0.3, 0.4) is 0 Å². The molecule has 2 N–H and O–H groups in total. The molecule has 1 rings (SSSR count). The first-order valence-electron chi connectivity index (χ1n) is 6.56. The first-order chi connectivity index (χ1) is 9.95. The summed E-state index contributed by atoms with van der Waals surface area (Å²) >= 11 is 0. The zero-order valence-electron chi connectivity index (χ0n) is 11.9. The van der Waals surface area contributed by atoms with E-state index in [9.17, 15) is 14.0 Å². The Kier molecular flexibility index (Phi) is 6.39. The van der Waals surface area contributed by atoms with Crippen LogP contribution in [-0.2, 0) is 4.79 Å². The maximum absolute atomic E-state index is 13.3. The van der Waals surface area contributed by atoms with Gasteiger partial charge in [-0.2, -0.15) is 0 Å². The Hall–Kier alpha value is -2.37. The van der Waals surface area contributed by atoms with Crippen LogP contribution in [0.25, 0.3) is 0 Å². The molecular weight excluding hydrogens is 275 g/mol. The van der Waals surface area contributed by atoms with E-state index in [1.54, 1.807) is 13.1 Å². The van der Waals surface area contributed by atoms with Crippen LogP contribution in [-0.4, -0.2) is 35.6 Å². The highest BCUT2D eigenvalue weighted by Gasteiger charge is 2.25. The lowest BCUT2D eigenvalue weighted by Gasteiger charge is -2.24. The molecule has 5 nitrogen and oxygen atoms in total. The first kappa shape index (κ1) is 16.7. The van der Waals surface area contributed by atoms with Crippen LogP contribution in [0.15, 0.2) is 36.9 Å². The van der Waals surface area contributed by atoms with Crippen LogP contribution in [0.1, 0.15) is 24.4 Å². The number of allylic oxidation sites excluding steroid dienone is 1. The minimum absolute atomic E-state index is 0.276. The van der Waals surface area contributed by atoms with Crippen molar-refractivity contribution in [3.05, 3.63) is 48.3 Å². The van der Waals surface area contributed by atoms with E-state index in [0.29, 0.717) is 6.54 Å². The second-order valence-electron chi connectivity index (χ2n) is 4.63. The van der Waals surface area contributed by atoms with E-state index >= 15 is 0 Å². The van der Waals surface area contributed by atoms with Crippen LogP contribution in [0.5, 0.6) is 0 Å². The van der Waals surface area contributed by atoms with Crippen molar-refractivity contribution >= 4 is 12.0 Å². The normalized spacial score (nSPS) is 11.5. The number of benzene rings is 1. The number of unbranched alkanes of at least 4 members (excludes halogenated alkanes) is 1. The summed E-state index contributed by atoms with van der Waals surface area (Å²) in [5.74, 6) is -0.945. The van der Waals surface area contributed by atoms with E-state index in [1.807, 2.05) is 0 Å². The second-order valence-corrected chi connectivity index (χ2v) is 4.63. The molecule has 114 valence electrons. The van der Waals surface area contributed by atoms with E-state index < -0.39 is 23.9 Å². The van der Waals surface area contributed by atoms with Gasteiger partial charge in [0, 0.05) is 13.6 Å². The number of nitrogens with one attached hydrogen (secondary N) is 1. The van der Waals surface area contributed by atoms with Gasteiger partial charge in [-0.3, -0.25) is 4.79 Å². The molecule has 0 aliphatic heterocycles. The van der Waals surface area contributed by atoms with Gasteiger partial charge in [-0.05, 0) is 30.5 Å². The second kappa shape index (κ2) is 8.04. The number of carboxylic acid groups (broad SMARTS) is 1. The third-order valence-electron chi connectivity index (χ3n) is 2.97. The lowest BCUT2D eigenvalue weighted by molar-refractivity contribution is -0.132. The van der Waals surface area contributed by atoms with Crippen molar-refractivity contribution in [2.24, 2.45) is 0 Å². The number of nitrogens with zero attached hydrogens (tertiary/aromatic N) is 1. The number of carbonyl (C=O) groups is 2. The number of likely N-dealkylation sites (N-methyl/N-ethyl adjacent to an activating group) is 1. The van der Waals surface area contributed by atoms with Gasteiger partial charge >= 0.3 is 6.09 Å². The van der Waals surface area contributed by atoms with E-state index in [0.717, 1.165) is 18.9 Å². The summed E-state index contributed by atoms with van der Waals surface area (Å²) in [5, 5.41) is 11.0. The van der Waals surface area contributed by atoms with Gasteiger partial charge < -0.3 is 15.3 Å². The molecule has 1 aromatic rings. The van der Waals surface area contributed by atoms with E-state index in [4.69, 9.17) is 5.11 Å². The SMILES string of the molecule is C=CCCCN(C)C(=O)[C@@H](NC(=O)O)c1cccc(F)c1. The fourth-order valence-corrected chi connectivity index (χ4v) is 1.90. The molecule has 0 bridgehead atoms. The monoisotopic (exact) mass is 294 g/mol. The average molecular weight is 294 g/mol. The molecule has 0 aromatic heterocycles. The molecule has 0 unspecified atom stereocenters. The van der Waals surface area contributed by atoms with Crippen LogP contribution >= 0.6 is 0 Å². The largest absolute Gasteiger partial charge is 0.465 e. The molecule has 21 heavy (non-hydrogen) atoms. The molecule has 0 radical (unpaired) electrons. The van der Waals surface area contributed by atoms with Gasteiger partial charge in [-0.1, -0.05) is 18.2 Å². The molecule has 6 heteroatoms. The number of hydrogen-bond acceptors (Lipinski definition) is 2. The highest BCUT2D eigenvalue weighted by atomic mass is 19.1. The summed E-state index contributed by atoms with van der Waals surface area (Å²) in [6, 6.07) is 4.22. The van der Waals surface area contributed by atoms with Gasteiger partial charge in [0.15, 0.2) is 0 Å². The number of carbonyl (C=O) groups excluding carboxylic acids is 1. The average Bonchev–Trinajstić information content (AvgIpc) is 2.44. The smallest absolute Gasteiger partial charge is 0.405 e. The molecule has 0 fully saturated rings. The third-order valence-corrected chi connectivity index (χ3v) is 2.97. The molecule has 1 aromatic carbocycles. The molecule has 0 saturated carbocycles. The van der Waals surface area contributed by atoms with Crippen LogP contribution in [0, 0.1) is 5.82 Å². The Morgan fingerprint density at radius 1 is 1.52 bits per heavy atom. The van der Waals surface area contributed by atoms with Gasteiger partial charge in [0.2, 0.25) is 5.91 Å². The highest BCUT2D eigenvalue weighted by Crippen LogP contribution is 2.17. The Morgan fingerprint density at radius 2 is 2.24 bits per heavy atom. The molecule has 1 atom stereocenters. The molecule has 0 aliphatic rings. The van der Waals surface area contributed by atoms with Crippen molar-refractivity contribution in [3.8, 4) is 0 Å². The summed E-state index contributed by atoms with van der Waals surface area (Å²) in [6.45, 7) is 4.07. The summed E-state index contributed by atoms with van der Waals surface area (Å²) in [5.41, 5.74) is 0.276. The van der Waals surface area contributed by atoms with E-state index in [2.05, 4.69) is 11.9 Å². The predicted octanol–water partition coefficient (Wildman–Crippen LogP) is 2.56. The Morgan fingerprint density at radius 3 is 2.81 bits per heavy atom. The lowest BCUT2D eigenvalue weighted by Crippen LogP contribution is -2.41. The van der Waals surface area contributed by atoms with Crippen molar-refractivity contribution in [2.45, 2.75) is 18.9 Å². The van der Waals surface area contributed by atoms with Crippen molar-refractivity contribution in [1.82, 2.24) is 10.2 Å². The Labute approximate surface area is 123 Å². The van der Waals surface area contributed by atoms with E-state index in [1.165, 1.54) is 23.1 Å². The molecule has 0 heterocycles. The molecule has 0 spiro atoms. The summed E-state index contributed by atoms with van der Waals surface area (Å²) < 4.78 is 13.3. The quantitative estimate of drug-likeness (QED) is 0.600. The topological polar surface area (TPSA) is 69.6 Å². The predicted molar refractivity (Wildman–Crippen MR) is 77.4 cm³/mol. The van der Waals surface area contributed by atoms with Crippen LogP contribution in [0.2, 0.25) is 0 Å². The zero-order valence-corrected chi connectivity index (χ0v) is 11.9. The maximum Gasteiger partial charge on any atom is 0.405 e. The number of amides is 2. The molecule has 2 amide bonds. The minimum atomic E-state index is -1.34. The number of halogens is 1. The summed E-state index contributed by atoms with van der Waals surface area (Å²) in [6.07, 6.45) is 1.90. The molecule has 0 aliphatic carbocycles. The summed E-state index contributed by atoms with van der Waals surface area (Å²) in [7, 11) is 1.58. The van der Waals surface area contributed by atoms with Gasteiger partial charge in [0.25, 0.3) is 0 Å². The third kappa shape index (κ3) is 5.25. The van der Waals surface area contributed by atoms with Crippen LogP contribution < -0.4 is 5.32 Å². The fourth-order valence-electron chi connectivity index (χ4n) is 1.90. The lowest BCUT2D eigenvalue weighted by atomic mass is 10.1. The van der Waals surface area contributed by atoms with Gasteiger partial charge in [0.05, 0.1) is 0 Å². The molecule has 0 saturated heterocycles. The fraction of sp³-hybridized carbons (Fsp3) is 0.333. The van der Waals surface area contributed by atoms with Crippen LogP contribution in [0.4, 0.5) is 9.18 Å². The van der Waals surface area contributed by atoms with Crippen molar-refractivity contribution in [3.63, 3.8) is 0 Å². The molecular formula is C15H19FN2O3. The van der Waals surface area contributed by atoms with E-state index in [-0.39, 0.29) is 5.56 Å². The maximum atomic E-state index is 13.3. The van der Waals surface area contributed by atoms with Gasteiger partial charge in [-0.25, -0.2) is 9.18 Å². The van der Waals surface area contributed by atoms with Gasteiger partial charge in [-0.15, -0.1) is 6.58 Å². The number of rotatable bonds is 7. The first-order valence-corrected chi connectivity index (χ1v) is 6.56. The Bertz CT molecular complexity index is 519. The Balaban J connectivity index is 2.88. The number of hydrogen-bond donors (Lipinski definition) is 2. The summed E-state index contributed by atoms with van der Waals surface area (Å²) in [4.78, 5) is 24.6. The van der Waals surface area contributed by atoms with Crippen molar-refractivity contribution < 1.29 is 19.1 Å². The van der Waals surface area contributed by atoms with Gasteiger partial charge in [0.1, 0.15) is 11.9 Å². The standard InChI is InChI=1S/C15H19FN2O3/c1-3-4-5-9-18(2)14(19)13(17-15(20)21)11-7-6-8-12(16)10-11/h3,6-8,10,13,17H,1,4-5,9H2,2H3,(H,20,21)/t13-/m0/s1.